The minimum Gasteiger partial charge on any atom is -0.444 e. The Kier molecular flexibility index (Phi) is 9.42. The third-order valence-corrected chi connectivity index (χ3v) is 8.11. The van der Waals surface area contributed by atoms with Crippen molar-refractivity contribution < 1.29 is 28.2 Å². The topological polar surface area (TPSA) is 109 Å². The Morgan fingerprint density at radius 1 is 1.07 bits per heavy atom. The molecule has 8 nitrogen and oxygen atoms in total. The van der Waals surface area contributed by atoms with Crippen LogP contribution >= 0.6 is 0 Å². The minimum absolute atomic E-state index is 0.112. The molecule has 1 saturated heterocycles. The van der Waals surface area contributed by atoms with Gasteiger partial charge >= 0.3 is 6.09 Å². The molecule has 1 unspecified atom stereocenters. The van der Waals surface area contributed by atoms with Crippen LogP contribution in [0.1, 0.15) is 56.5 Å². The highest BCUT2D eigenvalue weighted by molar-refractivity contribution is 5.92. The number of likely N-dealkylation sites (tertiary alicyclic amines) is 1. The second-order valence-electron chi connectivity index (χ2n) is 13.1. The number of nitrogens with zero attached hydrogens (tertiary/aromatic N) is 3. The number of pyridine rings is 1. The molecule has 0 bridgehead atoms. The molecule has 5 rings (SSSR count). The summed E-state index contributed by atoms with van der Waals surface area (Å²) in [7, 11) is 1.77. The average Bonchev–Trinajstić information content (AvgIpc) is 3.42. The first-order valence-corrected chi connectivity index (χ1v) is 15.3. The summed E-state index contributed by atoms with van der Waals surface area (Å²) in [6.45, 7) is 8.18. The van der Waals surface area contributed by atoms with Crippen LogP contribution < -0.4 is 5.73 Å². The number of carbonyl (C=O) groups excluding carboxylic acids is 2. The van der Waals surface area contributed by atoms with E-state index in [0.29, 0.717) is 62.9 Å². The fourth-order valence-electron chi connectivity index (χ4n) is 6.15. The number of fused-ring (bicyclic) bond motifs is 1. The molecule has 242 valence electrons. The van der Waals surface area contributed by atoms with Gasteiger partial charge in [-0.3, -0.25) is 14.7 Å². The first kappa shape index (κ1) is 33.0. The van der Waals surface area contributed by atoms with Crippen molar-refractivity contribution in [2.45, 2.75) is 64.8 Å². The number of hydrogen-bond donors (Lipinski definition) is 2. The van der Waals surface area contributed by atoms with Crippen molar-refractivity contribution in [2.24, 2.45) is 5.73 Å². The van der Waals surface area contributed by atoms with E-state index in [2.05, 4.69) is 4.98 Å². The Labute approximate surface area is 267 Å². The number of likely N-dealkylation sites (N-methyl/N-ethyl adjacent to an activating group) is 1. The molecule has 0 saturated carbocycles. The highest BCUT2D eigenvalue weighted by Gasteiger charge is 2.34. The van der Waals surface area contributed by atoms with E-state index in [1.165, 1.54) is 24.3 Å². The average molecular weight is 631 g/mol. The molecular weight excluding hydrogens is 590 g/mol. The molecule has 2 amide bonds. The second-order valence-corrected chi connectivity index (χ2v) is 13.1. The van der Waals surface area contributed by atoms with E-state index in [-0.39, 0.29) is 12.5 Å². The maximum absolute atomic E-state index is 14.7. The number of primary amides is 1. The highest BCUT2D eigenvalue weighted by atomic mass is 19.1. The Morgan fingerprint density at radius 2 is 1.78 bits per heavy atom. The standard InChI is InChI=1S/C36H40F2N4O4/c1-21-11-25(17-26(37)12-21)30-19-40-31-9-8-23(24-13-22(15-32(39)43)14-27(38)16-24)18-29(31)33(30)34(44)41(5)20-28-7-6-10-42(28)35(45)46-36(2,3)4/h8-9,11-14,16-19,28,34,44H,6-7,10,15,20H2,1-5H3,(H2,39,43)/t28-,34?/m0/s1. The molecule has 1 aliphatic heterocycles. The van der Waals surface area contributed by atoms with Gasteiger partial charge in [0.15, 0.2) is 0 Å². The molecule has 3 N–H and O–H groups in total. The first-order chi connectivity index (χ1) is 21.7. The number of benzene rings is 3. The number of aliphatic hydroxyl groups is 1. The van der Waals surface area contributed by atoms with Gasteiger partial charge in [0.2, 0.25) is 5.91 Å². The molecule has 3 aromatic carbocycles. The SMILES string of the molecule is Cc1cc(F)cc(-c2cnc3ccc(-c4cc(F)cc(CC(N)=O)c4)cc3c2C(O)N(C)C[C@@H]2CCCN2C(=O)OC(C)(C)C)c1. The zero-order valence-electron chi connectivity index (χ0n) is 26.8. The summed E-state index contributed by atoms with van der Waals surface area (Å²) < 4.78 is 34.9. The van der Waals surface area contributed by atoms with Gasteiger partial charge < -0.3 is 20.5 Å². The second kappa shape index (κ2) is 13.1. The lowest BCUT2D eigenvalue weighted by atomic mass is 9.92. The van der Waals surface area contributed by atoms with Crippen molar-refractivity contribution in [2.75, 3.05) is 20.1 Å². The van der Waals surface area contributed by atoms with Gasteiger partial charge in [-0.15, -0.1) is 0 Å². The van der Waals surface area contributed by atoms with Crippen molar-refractivity contribution in [1.29, 1.82) is 0 Å². The molecule has 2 atom stereocenters. The van der Waals surface area contributed by atoms with Crippen LogP contribution in [-0.4, -0.2) is 63.7 Å². The molecule has 0 radical (unpaired) electrons. The van der Waals surface area contributed by atoms with Crippen LogP contribution in [0.2, 0.25) is 0 Å². The van der Waals surface area contributed by atoms with Crippen LogP contribution in [0.25, 0.3) is 33.2 Å². The zero-order chi connectivity index (χ0) is 33.3. The smallest absolute Gasteiger partial charge is 0.410 e. The molecule has 2 heterocycles. The highest BCUT2D eigenvalue weighted by Crippen LogP contribution is 2.38. The van der Waals surface area contributed by atoms with Crippen LogP contribution in [0, 0.1) is 18.6 Å². The third kappa shape index (κ3) is 7.51. The van der Waals surface area contributed by atoms with E-state index >= 15 is 0 Å². The molecule has 1 aromatic heterocycles. The number of nitrogens with two attached hydrogens (primary N) is 1. The molecule has 1 fully saturated rings. The van der Waals surface area contributed by atoms with Gasteiger partial charge in [0.25, 0.3) is 0 Å². The summed E-state index contributed by atoms with van der Waals surface area (Å²) in [5.41, 5.74) is 9.19. The quantitative estimate of drug-likeness (QED) is 0.215. The molecule has 1 aliphatic rings. The molecule has 10 heteroatoms. The van der Waals surface area contributed by atoms with Gasteiger partial charge in [-0.05, 0) is 112 Å². The number of hydrogen-bond acceptors (Lipinski definition) is 6. The fourth-order valence-corrected chi connectivity index (χ4v) is 6.15. The van der Waals surface area contributed by atoms with Gasteiger partial charge in [-0.2, -0.15) is 0 Å². The van der Waals surface area contributed by atoms with Crippen LogP contribution in [-0.2, 0) is 16.0 Å². The third-order valence-electron chi connectivity index (χ3n) is 8.11. The lowest BCUT2D eigenvalue weighted by molar-refractivity contribution is -0.117. The number of rotatable bonds is 8. The summed E-state index contributed by atoms with van der Waals surface area (Å²) in [5, 5.41) is 12.6. The van der Waals surface area contributed by atoms with E-state index in [1.54, 1.807) is 48.2 Å². The van der Waals surface area contributed by atoms with Crippen LogP contribution in [0.4, 0.5) is 13.6 Å². The Hall–Kier alpha value is -4.41. The Morgan fingerprint density at radius 3 is 2.48 bits per heavy atom. The van der Waals surface area contributed by atoms with Gasteiger partial charge in [0.05, 0.1) is 11.9 Å². The van der Waals surface area contributed by atoms with Gasteiger partial charge in [0.1, 0.15) is 23.5 Å². The summed E-state index contributed by atoms with van der Waals surface area (Å²) >= 11 is 0. The Balaban J connectivity index is 1.60. The van der Waals surface area contributed by atoms with E-state index in [9.17, 15) is 23.5 Å². The van der Waals surface area contributed by atoms with E-state index < -0.39 is 35.5 Å². The van der Waals surface area contributed by atoms with Crippen LogP contribution in [0.3, 0.4) is 0 Å². The summed E-state index contributed by atoms with van der Waals surface area (Å²) in [4.78, 5) is 32.6. The predicted molar refractivity (Wildman–Crippen MR) is 174 cm³/mol. The number of ether oxygens (including phenoxy) is 1. The normalized spacial score (nSPS) is 15.8. The molecule has 0 aliphatic carbocycles. The van der Waals surface area contributed by atoms with E-state index in [4.69, 9.17) is 10.5 Å². The summed E-state index contributed by atoms with van der Waals surface area (Å²) in [6.07, 6.45) is 1.50. The predicted octanol–water partition coefficient (Wildman–Crippen LogP) is 6.51. The largest absolute Gasteiger partial charge is 0.444 e. The minimum atomic E-state index is -1.18. The number of aliphatic hydroxyl groups excluding tert-OH is 1. The number of aromatic nitrogens is 1. The zero-order valence-corrected chi connectivity index (χ0v) is 26.8. The van der Waals surface area contributed by atoms with E-state index in [0.717, 1.165) is 12.8 Å². The molecule has 4 aromatic rings. The van der Waals surface area contributed by atoms with Crippen LogP contribution in [0.5, 0.6) is 0 Å². The number of carbonyl (C=O) groups is 2. The van der Waals surface area contributed by atoms with Crippen molar-refractivity contribution in [3.05, 3.63) is 89.1 Å². The maximum Gasteiger partial charge on any atom is 0.410 e. The fraction of sp³-hybridized carbons (Fsp3) is 0.361. The van der Waals surface area contributed by atoms with Crippen molar-refractivity contribution >= 4 is 22.9 Å². The molecule has 46 heavy (non-hydrogen) atoms. The maximum atomic E-state index is 14.7. The van der Waals surface area contributed by atoms with Gasteiger partial charge in [-0.1, -0.05) is 18.2 Å². The van der Waals surface area contributed by atoms with Gasteiger partial charge in [-0.25, -0.2) is 13.6 Å². The summed E-state index contributed by atoms with van der Waals surface area (Å²) in [5.74, 6) is -1.50. The van der Waals surface area contributed by atoms with Crippen molar-refractivity contribution in [1.82, 2.24) is 14.8 Å². The number of aryl methyl sites for hydroxylation is 1. The lowest BCUT2D eigenvalue weighted by Gasteiger charge is -2.33. The summed E-state index contributed by atoms with van der Waals surface area (Å²) in [6, 6.07) is 14.2. The van der Waals surface area contributed by atoms with E-state index in [1.807, 2.05) is 32.9 Å². The molecule has 0 spiro atoms. The Bertz CT molecular complexity index is 1770. The van der Waals surface area contributed by atoms with Crippen molar-refractivity contribution in [3.63, 3.8) is 0 Å². The first-order valence-electron chi connectivity index (χ1n) is 15.3. The van der Waals surface area contributed by atoms with Crippen molar-refractivity contribution in [3.8, 4) is 22.3 Å². The number of halogens is 2. The molecular formula is C36H40F2N4O4. The van der Waals surface area contributed by atoms with Gasteiger partial charge in [0, 0.05) is 41.8 Å². The monoisotopic (exact) mass is 630 g/mol. The van der Waals surface area contributed by atoms with Crippen LogP contribution in [0.15, 0.2) is 60.8 Å². The number of amides is 2. The lowest BCUT2D eigenvalue weighted by Crippen LogP contribution is -2.45.